The Bertz CT molecular complexity index is 73.0. The minimum Gasteiger partial charge on any atom is -0.0861 e. The van der Waals surface area contributed by atoms with E-state index in [-0.39, 0.29) is 0 Å². The summed E-state index contributed by atoms with van der Waals surface area (Å²) in [5, 5.41) is 0. The molecule has 1 saturated carbocycles. The normalized spacial score (nSPS) is 35.3. The Kier molecular flexibility index (Phi) is 4.15. The summed E-state index contributed by atoms with van der Waals surface area (Å²) >= 11 is 5.03. The molecule has 1 rings (SSSR count). The van der Waals surface area contributed by atoms with Crippen LogP contribution in [0.2, 0.25) is 0 Å². The molecule has 0 nitrogen and oxygen atoms in total. The molecule has 0 aromatic heterocycles. The molecule has 2 heteroatoms. The standard InChI is InChI=1S/C7H12I2/c8-4-6-1-2-7(3-6)5-9/h6-7H,1-5H2. The molecule has 0 aromatic carbocycles. The molecule has 1 aliphatic rings. The quantitative estimate of drug-likeness (QED) is 0.530. The van der Waals surface area contributed by atoms with Crippen molar-refractivity contribution < 1.29 is 0 Å². The van der Waals surface area contributed by atoms with Crippen molar-refractivity contribution >= 4 is 45.2 Å². The fourth-order valence-corrected chi connectivity index (χ4v) is 3.06. The first-order valence-corrected chi connectivity index (χ1v) is 6.54. The molecular formula is C7H12I2. The zero-order valence-corrected chi connectivity index (χ0v) is 9.76. The van der Waals surface area contributed by atoms with Crippen molar-refractivity contribution in [2.45, 2.75) is 19.3 Å². The molecule has 0 bridgehead atoms. The highest BCUT2D eigenvalue weighted by molar-refractivity contribution is 14.1. The van der Waals surface area contributed by atoms with Crippen molar-refractivity contribution in [1.29, 1.82) is 0 Å². The number of alkyl halides is 2. The lowest BCUT2D eigenvalue weighted by Gasteiger charge is -2.03. The second-order valence-corrected chi connectivity index (χ2v) is 4.62. The summed E-state index contributed by atoms with van der Waals surface area (Å²) in [6, 6.07) is 0. The molecule has 0 N–H and O–H groups in total. The highest BCUT2D eigenvalue weighted by Crippen LogP contribution is 2.32. The number of halogens is 2. The van der Waals surface area contributed by atoms with Gasteiger partial charge in [-0.3, -0.25) is 0 Å². The summed E-state index contributed by atoms with van der Waals surface area (Å²) in [6.45, 7) is 0. The van der Waals surface area contributed by atoms with Gasteiger partial charge in [-0.2, -0.15) is 0 Å². The Balaban J connectivity index is 2.20. The van der Waals surface area contributed by atoms with E-state index in [4.69, 9.17) is 0 Å². The lowest BCUT2D eigenvalue weighted by molar-refractivity contribution is 0.578. The van der Waals surface area contributed by atoms with Crippen LogP contribution in [-0.4, -0.2) is 8.86 Å². The maximum absolute atomic E-state index is 2.51. The Hall–Kier alpha value is 1.46. The molecule has 0 aliphatic heterocycles. The predicted molar refractivity (Wildman–Crippen MR) is 58.6 cm³/mol. The van der Waals surface area contributed by atoms with Crippen LogP contribution in [0, 0.1) is 11.8 Å². The van der Waals surface area contributed by atoms with Gasteiger partial charge in [0.25, 0.3) is 0 Å². The average Bonchev–Trinajstić information content (AvgIpc) is 2.34. The summed E-state index contributed by atoms with van der Waals surface area (Å²) in [5.74, 6) is 2.12. The molecule has 0 saturated heterocycles. The number of hydrogen-bond donors (Lipinski definition) is 0. The zero-order chi connectivity index (χ0) is 6.69. The van der Waals surface area contributed by atoms with Crippen molar-refractivity contribution in [1.82, 2.24) is 0 Å². The lowest BCUT2D eigenvalue weighted by atomic mass is 10.1. The highest BCUT2D eigenvalue weighted by Gasteiger charge is 2.22. The Morgan fingerprint density at radius 1 is 1.00 bits per heavy atom. The van der Waals surface area contributed by atoms with Gasteiger partial charge in [-0.05, 0) is 31.1 Å². The van der Waals surface area contributed by atoms with Crippen molar-refractivity contribution in [3.05, 3.63) is 0 Å². The molecule has 1 fully saturated rings. The summed E-state index contributed by atoms with van der Waals surface area (Å²) in [5.41, 5.74) is 0. The van der Waals surface area contributed by atoms with E-state index >= 15 is 0 Å². The summed E-state index contributed by atoms with van der Waals surface area (Å²) in [6.07, 6.45) is 4.50. The molecule has 0 aromatic rings. The van der Waals surface area contributed by atoms with Crippen LogP contribution in [0.25, 0.3) is 0 Å². The third kappa shape index (κ3) is 2.52. The molecule has 0 radical (unpaired) electrons. The van der Waals surface area contributed by atoms with E-state index in [1.165, 1.54) is 28.1 Å². The summed E-state index contributed by atoms with van der Waals surface area (Å²) < 4.78 is 2.76. The fourth-order valence-electron chi connectivity index (χ4n) is 1.46. The van der Waals surface area contributed by atoms with E-state index in [0.29, 0.717) is 0 Å². The molecular weight excluding hydrogens is 338 g/mol. The van der Waals surface area contributed by atoms with Gasteiger partial charge in [0.1, 0.15) is 0 Å². The SMILES string of the molecule is ICC1CCC(CI)C1. The first-order valence-electron chi connectivity index (χ1n) is 3.48. The van der Waals surface area contributed by atoms with Crippen molar-refractivity contribution in [2.24, 2.45) is 11.8 Å². The van der Waals surface area contributed by atoms with E-state index in [2.05, 4.69) is 45.2 Å². The molecule has 2 atom stereocenters. The van der Waals surface area contributed by atoms with Crippen LogP contribution < -0.4 is 0 Å². The first-order chi connectivity index (χ1) is 4.36. The van der Waals surface area contributed by atoms with Crippen LogP contribution in [0.3, 0.4) is 0 Å². The lowest BCUT2D eigenvalue weighted by Crippen LogP contribution is -1.97. The van der Waals surface area contributed by atoms with E-state index in [1.807, 2.05) is 0 Å². The minimum absolute atomic E-state index is 1.06. The van der Waals surface area contributed by atoms with Gasteiger partial charge in [0.05, 0.1) is 0 Å². The monoisotopic (exact) mass is 350 g/mol. The van der Waals surface area contributed by atoms with Gasteiger partial charge in [-0.1, -0.05) is 45.2 Å². The maximum atomic E-state index is 2.51. The van der Waals surface area contributed by atoms with Crippen LogP contribution in [0.5, 0.6) is 0 Å². The second kappa shape index (κ2) is 4.36. The van der Waals surface area contributed by atoms with Gasteiger partial charge in [-0.15, -0.1) is 0 Å². The Labute approximate surface area is 84.4 Å². The van der Waals surface area contributed by atoms with E-state index < -0.39 is 0 Å². The van der Waals surface area contributed by atoms with E-state index in [1.54, 1.807) is 0 Å². The van der Waals surface area contributed by atoms with Crippen molar-refractivity contribution in [2.75, 3.05) is 8.86 Å². The van der Waals surface area contributed by atoms with E-state index in [9.17, 15) is 0 Å². The Morgan fingerprint density at radius 3 is 1.67 bits per heavy atom. The van der Waals surface area contributed by atoms with Gasteiger partial charge in [0, 0.05) is 8.86 Å². The average molecular weight is 350 g/mol. The van der Waals surface area contributed by atoms with Crippen LogP contribution in [0.4, 0.5) is 0 Å². The smallest absolute Gasteiger partial charge is 0.00238 e. The molecule has 2 unspecified atom stereocenters. The second-order valence-electron chi connectivity index (χ2n) is 2.85. The molecule has 0 heterocycles. The van der Waals surface area contributed by atoms with Gasteiger partial charge in [0.15, 0.2) is 0 Å². The van der Waals surface area contributed by atoms with Crippen LogP contribution in [-0.2, 0) is 0 Å². The van der Waals surface area contributed by atoms with Gasteiger partial charge in [0.2, 0.25) is 0 Å². The predicted octanol–water partition coefficient (Wildman–Crippen LogP) is 3.27. The largest absolute Gasteiger partial charge is 0.0861 e. The first kappa shape index (κ1) is 8.56. The molecule has 54 valence electrons. The van der Waals surface area contributed by atoms with Crippen molar-refractivity contribution in [3.63, 3.8) is 0 Å². The summed E-state index contributed by atoms with van der Waals surface area (Å²) in [7, 11) is 0. The van der Waals surface area contributed by atoms with Crippen LogP contribution >= 0.6 is 45.2 Å². The Morgan fingerprint density at radius 2 is 1.44 bits per heavy atom. The van der Waals surface area contributed by atoms with Gasteiger partial charge < -0.3 is 0 Å². The van der Waals surface area contributed by atoms with Crippen LogP contribution in [0.15, 0.2) is 0 Å². The molecule has 9 heavy (non-hydrogen) atoms. The fraction of sp³-hybridized carbons (Fsp3) is 1.00. The highest BCUT2D eigenvalue weighted by atomic mass is 127. The van der Waals surface area contributed by atoms with Gasteiger partial charge >= 0.3 is 0 Å². The molecule has 0 amide bonds. The van der Waals surface area contributed by atoms with Gasteiger partial charge in [-0.25, -0.2) is 0 Å². The molecule has 0 spiro atoms. The van der Waals surface area contributed by atoms with Crippen molar-refractivity contribution in [3.8, 4) is 0 Å². The number of rotatable bonds is 2. The number of hydrogen-bond acceptors (Lipinski definition) is 0. The van der Waals surface area contributed by atoms with Crippen LogP contribution in [0.1, 0.15) is 19.3 Å². The summed E-state index contributed by atoms with van der Waals surface area (Å²) in [4.78, 5) is 0. The zero-order valence-electron chi connectivity index (χ0n) is 5.45. The van der Waals surface area contributed by atoms with E-state index in [0.717, 1.165) is 11.8 Å². The minimum atomic E-state index is 1.06. The third-order valence-electron chi connectivity index (χ3n) is 2.09. The third-order valence-corrected chi connectivity index (χ3v) is 4.58. The topological polar surface area (TPSA) is 0 Å². The maximum Gasteiger partial charge on any atom is 0.00238 e. The molecule has 1 aliphatic carbocycles.